The molecule has 0 bridgehead atoms. The minimum atomic E-state index is -3.71. The number of hydrogen-bond acceptors (Lipinski definition) is 2. The Bertz CT molecular complexity index is 679. The monoisotopic (exact) mass is 377 g/mol. The van der Waals surface area contributed by atoms with E-state index in [-0.39, 0.29) is 4.90 Å². The zero-order chi connectivity index (χ0) is 18.4. The van der Waals surface area contributed by atoms with Gasteiger partial charge in [-0.05, 0) is 44.7 Å². The topological polar surface area (TPSA) is 70.6 Å². The zero-order valence-corrected chi connectivity index (χ0v) is 16.5. The number of guanidine groups is 1. The number of nitrogens with zero attached hydrogens (tertiary/aromatic N) is 1. The highest BCUT2D eigenvalue weighted by Gasteiger charge is 2.21. The molecule has 0 heterocycles. The standard InChI is InChI=1S/C20H31N3O2S/c1-16-12-14-19(15-13-16)26(24,25)23-20(21-17-8-4-2-5-9-17)22-18-10-6-3-7-11-18/h12-15,17-18H,2-11H2,1H3,(H2,21,22,23). The fraction of sp³-hybridized carbons (Fsp3) is 0.650. The van der Waals surface area contributed by atoms with Crippen LogP contribution in [0, 0.1) is 6.92 Å². The van der Waals surface area contributed by atoms with Crippen LogP contribution >= 0.6 is 0 Å². The van der Waals surface area contributed by atoms with Crippen LogP contribution in [-0.2, 0) is 10.0 Å². The lowest BCUT2D eigenvalue weighted by Crippen LogP contribution is -2.48. The van der Waals surface area contributed by atoms with E-state index < -0.39 is 10.0 Å². The van der Waals surface area contributed by atoms with Crippen molar-refractivity contribution in [2.75, 3.05) is 0 Å². The second-order valence-corrected chi connectivity index (χ2v) is 9.29. The SMILES string of the molecule is Cc1ccc(S(=O)(=O)N=C(NC2CCCCC2)NC2CCCCC2)cc1. The molecule has 0 atom stereocenters. The van der Waals surface area contributed by atoms with Gasteiger partial charge in [0.05, 0.1) is 4.90 Å². The van der Waals surface area contributed by atoms with Crippen molar-refractivity contribution in [2.45, 2.75) is 88.1 Å². The van der Waals surface area contributed by atoms with Crippen molar-refractivity contribution in [1.29, 1.82) is 0 Å². The highest BCUT2D eigenvalue weighted by molar-refractivity contribution is 7.90. The molecule has 26 heavy (non-hydrogen) atoms. The van der Waals surface area contributed by atoms with E-state index in [0.717, 1.165) is 31.2 Å². The average Bonchev–Trinajstić information content (AvgIpc) is 2.63. The summed E-state index contributed by atoms with van der Waals surface area (Å²) >= 11 is 0. The molecular formula is C20H31N3O2S. The van der Waals surface area contributed by atoms with Gasteiger partial charge in [-0.15, -0.1) is 4.40 Å². The van der Waals surface area contributed by atoms with Crippen molar-refractivity contribution in [3.05, 3.63) is 29.8 Å². The quantitative estimate of drug-likeness (QED) is 0.617. The predicted molar refractivity (Wildman–Crippen MR) is 106 cm³/mol. The van der Waals surface area contributed by atoms with E-state index in [9.17, 15) is 8.42 Å². The van der Waals surface area contributed by atoms with Gasteiger partial charge in [0.2, 0.25) is 5.96 Å². The van der Waals surface area contributed by atoms with Crippen LogP contribution in [0.5, 0.6) is 0 Å². The Morgan fingerprint density at radius 1 is 0.846 bits per heavy atom. The van der Waals surface area contributed by atoms with E-state index in [2.05, 4.69) is 15.0 Å². The van der Waals surface area contributed by atoms with Crippen LogP contribution in [0.2, 0.25) is 0 Å². The number of benzene rings is 1. The molecular weight excluding hydrogens is 346 g/mol. The van der Waals surface area contributed by atoms with Gasteiger partial charge in [-0.3, -0.25) is 0 Å². The number of rotatable bonds is 4. The summed E-state index contributed by atoms with van der Waals surface area (Å²) in [4.78, 5) is 0.247. The van der Waals surface area contributed by atoms with Crippen LogP contribution in [0.25, 0.3) is 0 Å². The molecule has 2 N–H and O–H groups in total. The van der Waals surface area contributed by atoms with Crippen LogP contribution in [-0.4, -0.2) is 26.5 Å². The fourth-order valence-electron chi connectivity index (χ4n) is 3.86. The zero-order valence-electron chi connectivity index (χ0n) is 15.7. The summed E-state index contributed by atoms with van der Waals surface area (Å²) in [5.41, 5.74) is 1.04. The van der Waals surface area contributed by atoms with E-state index in [1.54, 1.807) is 12.1 Å². The van der Waals surface area contributed by atoms with E-state index >= 15 is 0 Å². The minimum Gasteiger partial charge on any atom is -0.353 e. The van der Waals surface area contributed by atoms with Crippen LogP contribution in [0.1, 0.15) is 69.8 Å². The Hall–Kier alpha value is -1.56. The summed E-state index contributed by atoms with van der Waals surface area (Å²) in [7, 11) is -3.71. The maximum Gasteiger partial charge on any atom is 0.285 e. The summed E-state index contributed by atoms with van der Waals surface area (Å²) in [5.74, 6) is 0.435. The molecule has 2 saturated carbocycles. The maximum absolute atomic E-state index is 12.8. The summed E-state index contributed by atoms with van der Waals surface area (Å²) in [6.45, 7) is 1.94. The van der Waals surface area contributed by atoms with E-state index in [1.165, 1.54) is 38.5 Å². The second-order valence-electron chi connectivity index (χ2n) is 7.69. The molecule has 5 nitrogen and oxygen atoms in total. The van der Waals surface area contributed by atoms with Gasteiger partial charge in [-0.2, -0.15) is 8.42 Å². The smallest absolute Gasteiger partial charge is 0.285 e. The van der Waals surface area contributed by atoms with Gasteiger partial charge in [-0.25, -0.2) is 0 Å². The lowest BCUT2D eigenvalue weighted by molar-refractivity contribution is 0.389. The molecule has 0 saturated heterocycles. The number of sulfonamides is 1. The summed E-state index contributed by atoms with van der Waals surface area (Å²) in [6, 6.07) is 7.51. The van der Waals surface area contributed by atoms with E-state index in [4.69, 9.17) is 0 Å². The molecule has 2 aliphatic rings. The van der Waals surface area contributed by atoms with Gasteiger partial charge < -0.3 is 10.6 Å². The molecule has 2 fully saturated rings. The first-order valence-electron chi connectivity index (χ1n) is 9.98. The van der Waals surface area contributed by atoms with Gasteiger partial charge in [0.1, 0.15) is 0 Å². The van der Waals surface area contributed by atoms with Crippen molar-refractivity contribution >= 4 is 16.0 Å². The molecule has 0 aliphatic heterocycles. The Balaban J connectivity index is 1.79. The third kappa shape index (κ3) is 5.47. The molecule has 144 valence electrons. The molecule has 3 rings (SSSR count). The van der Waals surface area contributed by atoms with Crippen molar-refractivity contribution in [1.82, 2.24) is 10.6 Å². The van der Waals surface area contributed by atoms with Crippen LogP contribution in [0.4, 0.5) is 0 Å². The van der Waals surface area contributed by atoms with E-state index in [1.807, 2.05) is 19.1 Å². The molecule has 0 aromatic heterocycles. The first kappa shape index (κ1) is 19.2. The lowest BCUT2D eigenvalue weighted by Gasteiger charge is -2.29. The first-order valence-corrected chi connectivity index (χ1v) is 11.4. The molecule has 0 unspecified atom stereocenters. The summed E-state index contributed by atoms with van der Waals surface area (Å²) in [5, 5.41) is 6.80. The van der Waals surface area contributed by atoms with Crippen molar-refractivity contribution < 1.29 is 8.42 Å². The molecule has 0 amide bonds. The minimum absolute atomic E-state index is 0.247. The fourth-order valence-corrected chi connectivity index (χ4v) is 4.79. The predicted octanol–water partition coefficient (Wildman–Crippen LogP) is 3.88. The van der Waals surface area contributed by atoms with Crippen LogP contribution in [0.15, 0.2) is 33.6 Å². The Kier molecular flexibility index (Phi) is 6.57. The number of nitrogens with one attached hydrogen (secondary N) is 2. The molecule has 1 aromatic carbocycles. The number of aryl methyl sites for hydroxylation is 1. The first-order chi connectivity index (χ1) is 12.5. The number of hydrogen-bond donors (Lipinski definition) is 2. The highest BCUT2D eigenvalue weighted by Crippen LogP contribution is 2.20. The Morgan fingerprint density at radius 3 is 1.77 bits per heavy atom. The normalized spacial score (nSPS) is 19.7. The molecule has 0 radical (unpaired) electrons. The third-order valence-electron chi connectivity index (χ3n) is 5.42. The van der Waals surface area contributed by atoms with Gasteiger partial charge in [-0.1, -0.05) is 56.2 Å². The van der Waals surface area contributed by atoms with Gasteiger partial charge in [0.15, 0.2) is 0 Å². The van der Waals surface area contributed by atoms with Crippen molar-refractivity contribution in [3.8, 4) is 0 Å². The van der Waals surface area contributed by atoms with Gasteiger partial charge in [0, 0.05) is 12.1 Å². The second kappa shape index (κ2) is 8.89. The molecule has 2 aliphatic carbocycles. The Morgan fingerprint density at radius 2 is 1.31 bits per heavy atom. The molecule has 6 heteroatoms. The van der Waals surface area contributed by atoms with Crippen molar-refractivity contribution in [3.63, 3.8) is 0 Å². The van der Waals surface area contributed by atoms with Crippen molar-refractivity contribution in [2.24, 2.45) is 4.40 Å². The highest BCUT2D eigenvalue weighted by atomic mass is 32.2. The van der Waals surface area contributed by atoms with E-state index in [0.29, 0.717) is 18.0 Å². The molecule has 0 spiro atoms. The van der Waals surface area contributed by atoms with Gasteiger partial charge >= 0.3 is 0 Å². The summed E-state index contributed by atoms with van der Waals surface area (Å²) < 4.78 is 29.7. The van der Waals surface area contributed by atoms with Crippen LogP contribution in [0.3, 0.4) is 0 Å². The third-order valence-corrected chi connectivity index (χ3v) is 6.71. The summed E-state index contributed by atoms with van der Waals surface area (Å²) in [6.07, 6.45) is 11.6. The lowest BCUT2D eigenvalue weighted by atomic mass is 9.95. The van der Waals surface area contributed by atoms with Gasteiger partial charge in [0.25, 0.3) is 10.0 Å². The largest absolute Gasteiger partial charge is 0.353 e. The Labute approximate surface area is 157 Å². The maximum atomic E-state index is 12.8. The molecule has 1 aromatic rings. The van der Waals surface area contributed by atoms with Crippen LogP contribution < -0.4 is 10.6 Å². The average molecular weight is 378 g/mol.